The number of aromatic nitrogens is 4. The van der Waals surface area contributed by atoms with E-state index >= 15 is 0 Å². The summed E-state index contributed by atoms with van der Waals surface area (Å²) < 4.78 is 0. The Labute approximate surface area is 93.3 Å². The first-order chi connectivity index (χ1) is 7.85. The second-order valence-corrected chi connectivity index (χ2v) is 3.41. The molecule has 1 heterocycles. The lowest BCUT2D eigenvalue weighted by molar-refractivity contribution is 0.440. The van der Waals surface area contributed by atoms with E-state index in [-0.39, 0.29) is 6.04 Å². The van der Waals surface area contributed by atoms with Gasteiger partial charge in [0, 0.05) is 0 Å². The molecular formula is C11H11N5. The van der Waals surface area contributed by atoms with Crippen LogP contribution in [0.3, 0.4) is 0 Å². The smallest absolute Gasteiger partial charge is 0.162 e. The maximum atomic E-state index is 8.72. The van der Waals surface area contributed by atoms with Crippen LogP contribution in [0.15, 0.2) is 30.6 Å². The third-order valence-electron chi connectivity index (χ3n) is 2.45. The second kappa shape index (κ2) is 4.53. The number of hydrogen-bond acceptors (Lipinski definition) is 4. The fourth-order valence-electron chi connectivity index (χ4n) is 1.63. The topological polar surface area (TPSA) is 67.4 Å². The molecule has 0 aliphatic rings. The van der Waals surface area contributed by atoms with Crippen molar-refractivity contribution in [2.24, 2.45) is 0 Å². The molecule has 0 saturated carbocycles. The molecule has 5 nitrogen and oxygen atoms in total. The van der Waals surface area contributed by atoms with Gasteiger partial charge in [0.25, 0.3) is 0 Å². The SMILES string of the molecule is CCC(c1ccc(C#N)cc1)n1ncnn1. The molecule has 1 aromatic heterocycles. The van der Waals surface area contributed by atoms with Crippen LogP contribution in [-0.2, 0) is 0 Å². The Morgan fingerprint density at radius 2 is 2.12 bits per heavy atom. The van der Waals surface area contributed by atoms with Crippen LogP contribution in [-0.4, -0.2) is 20.2 Å². The molecular weight excluding hydrogens is 202 g/mol. The van der Waals surface area contributed by atoms with Crippen LogP contribution in [0.5, 0.6) is 0 Å². The van der Waals surface area contributed by atoms with Crippen LogP contribution in [0.2, 0.25) is 0 Å². The number of rotatable bonds is 3. The van der Waals surface area contributed by atoms with E-state index in [4.69, 9.17) is 5.26 Å². The van der Waals surface area contributed by atoms with E-state index in [2.05, 4.69) is 28.4 Å². The fourth-order valence-corrected chi connectivity index (χ4v) is 1.63. The summed E-state index contributed by atoms with van der Waals surface area (Å²) in [5.41, 5.74) is 1.74. The molecule has 0 fully saturated rings. The number of nitrogens with zero attached hydrogens (tertiary/aromatic N) is 5. The third kappa shape index (κ3) is 1.91. The summed E-state index contributed by atoms with van der Waals surface area (Å²) in [7, 11) is 0. The summed E-state index contributed by atoms with van der Waals surface area (Å²) in [5.74, 6) is 0. The zero-order valence-corrected chi connectivity index (χ0v) is 8.91. The Morgan fingerprint density at radius 3 is 2.62 bits per heavy atom. The maximum absolute atomic E-state index is 8.72. The number of nitriles is 1. The van der Waals surface area contributed by atoms with Crippen molar-refractivity contribution in [3.05, 3.63) is 41.7 Å². The lowest BCUT2D eigenvalue weighted by atomic mass is 10.0. The first kappa shape index (κ1) is 10.3. The lowest BCUT2D eigenvalue weighted by Gasteiger charge is -2.13. The molecule has 1 unspecified atom stereocenters. The Balaban J connectivity index is 2.31. The lowest BCUT2D eigenvalue weighted by Crippen LogP contribution is -2.13. The van der Waals surface area contributed by atoms with E-state index in [0.29, 0.717) is 5.56 Å². The highest BCUT2D eigenvalue weighted by Gasteiger charge is 2.12. The van der Waals surface area contributed by atoms with Gasteiger partial charge < -0.3 is 0 Å². The van der Waals surface area contributed by atoms with Gasteiger partial charge in [-0.3, -0.25) is 0 Å². The Morgan fingerprint density at radius 1 is 1.38 bits per heavy atom. The van der Waals surface area contributed by atoms with Crippen LogP contribution >= 0.6 is 0 Å². The van der Waals surface area contributed by atoms with Crippen molar-refractivity contribution in [3.63, 3.8) is 0 Å². The molecule has 80 valence electrons. The maximum Gasteiger partial charge on any atom is 0.162 e. The van der Waals surface area contributed by atoms with Crippen molar-refractivity contribution < 1.29 is 0 Å². The molecule has 2 aromatic rings. The number of benzene rings is 1. The van der Waals surface area contributed by atoms with Gasteiger partial charge in [0.2, 0.25) is 0 Å². The Hall–Kier alpha value is -2.22. The van der Waals surface area contributed by atoms with E-state index in [1.165, 1.54) is 6.33 Å². The van der Waals surface area contributed by atoms with Gasteiger partial charge in [0.15, 0.2) is 6.33 Å². The molecule has 0 bridgehead atoms. The van der Waals surface area contributed by atoms with Crippen LogP contribution in [0.4, 0.5) is 0 Å². The van der Waals surface area contributed by atoms with Crippen LogP contribution in [0.1, 0.15) is 30.5 Å². The van der Waals surface area contributed by atoms with E-state index in [1.54, 1.807) is 16.9 Å². The second-order valence-electron chi connectivity index (χ2n) is 3.41. The quantitative estimate of drug-likeness (QED) is 0.775. The first-order valence-corrected chi connectivity index (χ1v) is 5.07. The largest absolute Gasteiger partial charge is 0.192 e. The van der Waals surface area contributed by atoms with Gasteiger partial charge in [-0.15, -0.1) is 10.2 Å². The molecule has 0 amide bonds. The Kier molecular flexibility index (Phi) is 2.92. The van der Waals surface area contributed by atoms with Gasteiger partial charge in [-0.1, -0.05) is 19.1 Å². The molecule has 0 saturated heterocycles. The van der Waals surface area contributed by atoms with Crippen molar-refractivity contribution >= 4 is 0 Å². The van der Waals surface area contributed by atoms with Crippen molar-refractivity contribution in [2.75, 3.05) is 0 Å². The van der Waals surface area contributed by atoms with E-state index in [1.807, 2.05) is 12.1 Å². The molecule has 0 radical (unpaired) electrons. The van der Waals surface area contributed by atoms with Crippen LogP contribution in [0.25, 0.3) is 0 Å². The molecule has 0 aliphatic carbocycles. The summed E-state index contributed by atoms with van der Waals surface area (Å²) in [6.07, 6.45) is 2.30. The van der Waals surface area contributed by atoms with Crippen LogP contribution < -0.4 is 0 Å². The summed E-state index contributed by atoms with van der Waals surface area (Å²) >= 11 is 0. The zero-order chi connectivity index (χ0) is 11.4. The van der Waals surface area contributed by atoms with Gasteiger partial charge in [-0.2, -0.15) is 10.1 Å². The predicted octanol–water partition coefficient (Wildman–Crippen LogP) is 1.54. The number of tetrazole rings is 1. The minimum atomic E-state index is 0.0789. The van der Waals surface area contributed by atoms with E-state index in [0.717, 1.165) is 12.0 Å². The highest BCUT2D eigenvalue weighted by atomic mass is 15.6. The third-order valence-corrected chi connectivity index (χ3v) is 2.45. The van der Waals surface area contributed by atoms with E-state index < -0.39 is 0 Å². The van der Waals surface area contributed by atoms with Crippen LogP contribution in [0, 0.1) is 11.3 Å². The Bertz CT molecular complexity index is 480. The zero-order valence-electron chi connectivity index (χ0n) is 8.91. The predicted molar refractivity (Wildman–Crippen MR) is 57.4 cm³/mol. The highest BCUT2D eigenvalue weighted by Crippen LogP contribution is 2.19. The molecule has 2 rings (SSSR count). The van der Waals surface area contributed by atoms with Crippen molar-refractivity contribution in [2.45, 2.75) is 19.4 Å². The molecule has 1 atom stereocenters. The summed E-state index contributed by atoms with van der Waals surface area (Å²) in [6.45, 7) is 2.06. The van der Waals surface area contributed by atoms with Crippen molar-refractivity contribution in [3.8, 4) is 6.07 Å². The molecule has 16 heavy (non-hydrogen) atoms. The minimum Gasteiger partial charge on any atom is -0.192 e. The fraction of sp³-hybridized carbons (Fsp3) is 0.273. The van der Waals surface area contributed by atoms with Gasteiger partial charge in [0.05, 0.1) is 17.7 Å². The first-order valence-electron chi connectivity index (χ1n) is 5.07. The van der Waals surface area contributed by atoms with E-state index in [9.17, 15) is 0 Å². The molecule has 0 spiro atoms. The summed E-state index contributed by atoms with van der Waals surface area (Å²) in [5, 5.41) is 20.4. The minimum absolute atomic E-state index is 0.0789. The molecule has 5 heteroatoms. The molecule has 0 N–H and O–H groups in total. The normalized spacial score (nSPS) is 12.0. The van der Waals surface area contributed by atoms with Crippen molar-refractivity contribution in [1.29, 1.82) is 5.26 Å². The monoisotopic (exact) mass is 213 g/mol. The number of hydrogen-bond donors (Lipinski definition) is 0. The van der Waals surface area contributed by atoms with Gasteiger partial charge in [-0.25, -0.2) is 0 Å². The molecule has 1 aromatic carbocycles. The molecule has 0 aliphatic heterocycles. The summed E-state index contributed by atoms with van der Waals surface area (Å²) in [4.78, 5) is 1.58. The average molecular weight is 213 g/mol. The van der Waals surface area contributed by atoms with Crippen molar-refractivity contribution in [1.82, 2.24) is 20.2 Å². The summed E-state index contributed by atoms with van der Waals surface area (Å²) in [6, 6.07) is 9.63. The van der Waals surface area contributed by atoms with Gasteiger partial charge in [-0.05, 0) is 29.3 Å². The standard InChI is InChI=1S/C11H11N5/c1-2-11(16-14-8-13-15-16)10-5-3-9(7-12)4-6-10/h3-6,8,11H,2H2,1H3. The van der Waals surface area contributed by atoms with Gasteiger partial charge in [0.1, 0.15) is 0 Å². The van der Waals surface area contributed by atoms with Gasteiger partial charge >= 0.3 is 0 Å². The highest BCUT2D eigenvalue weighted by molar-refractivity contribution is 5.32. The average Bonchev–Trinajstić information content (AvgIpc) is 2.85.